The fourth-order valence-corrected chi connectivity index (χ4v) is 2.14. The lowest BCUT2D eigenvalue weighted by atomic mass is 10.2. The van der Waals surface area contributed by atoms with Gasteiger partial charge in [-0.05, 0) is 42.5 Å². The number of ether oxygens (including phenoxy) is 1. The van der Waals surface area contributed by atoms with Gasteiger partial charge >= 0.3 is 6.18 Å². The summed E-state index contributed by atoms with van der Waals surface area (Å²) in [7, 11) is 1.57. The maximum atomic E-state index is 12.8. The van der Waals surface area contributed by atoms with Crippen LogP contribution >= 0.6 is 0 Å². The van der Waals surface area contributed by atoms with Gasteiger partial charge in [-0.2, -0.15) is 23.3 Å². The molecule has 2 N–H and O–H groups in total. The van der Waals surface area contributed by atoms with E-state index in [-0.39, 0.29) is 17.5 Å². The topological polar surface area (TPSA) is 72.0 Å². The summed E-state index contributed by atoms with van der Waals surface area (Å²) in [6.07, 6.45) is -3.10. The van der Waals surface area contributed by atoms with Crippen molar-refractivity contribution in [3.05, 3.63) is 60.3 Å². The van der Waals surface area contributed by atoms with Crippen molar-refractivity contribution in [2.45, 2.75) is 6.18 Å². The largest absolute Gasteiger partial charge is 0.497 e. The lowest BCUT2D eigenvalue weighted by Gasteiger charge is -2.10. The first kappa shape index (κ1) is 17.5. The first-order valence-electron chi connectivity index (χ1n) is 7.49. The molecule has 0 radical (unpaired) electrons. The van der Waals surface area contributed by atoms with Crippen molar-refractivity contribution < 1.29 is 17.9 Å². The Kier molecular flexibility index (Phi) is 4.87. The van der Waals surface area contributed by atoms with E-state index >= 15 is 0 Å². The van der Waals surface area contributed by atoms with Crippen LogP contribution in [-0.4, -0.2) is 22.3 Å². The highest BCUT2D eigenvalue weighted by Crippen LogP contribution is 2.31. The standard InChI is InChI=1S/C17H14F3N5O/c1-26-14-7-5-12(6-8-14)23-16-24-15(10-21-25-16)22-13-4-2-3-11(9-13)17(18,19)20/h2-10H,1H3,(H2,22,23,24,25). The van der Waals surface area contributed by atoms with Crippen molar-refractivity contribution in [1.29, 1.82) is 0 Å². The Morgan fingerprint density at radius 1 is 0.962 bits per heavy atom. The van der Waals surface area contributed by atoms with Gasteiger partial charge in [-0.15, -0.1) is 5.10 Å². The summed E-state index contributed by atoms with van der Waals surface area (Å²) in [6, 6.07) is 11.9. The number of nitrogens with zero attached hydrogens (tertiary/aromatic N) is 3. The number of halogens is 3. The van der Waals surface area contributed by atoms with Gasteiger partial charge in [-0.25, -0.2) is 0 Å². The second kappa shape index (κ2) is 7.26. The van der Waals surface area contributed by atoms with Crippen molar-refractivity contribution in [1.82, 2.24) is 15.2 Å². The van der Waals surface area contributed by atoms with Crippen LogP contribution in [0.15, 0.2) is 54.7 Å². The summed E-state index contributed by atoms with van der Waals surface area (Å²) in [5, 5.41) is 13.4. The fourth-order valence-electron chi connectivity index (χ4n) is 2.14. The van der Waals surface area contributed by atoms with Crippen molar-refractivity contribution in [3.8, 4) is 5.75 Å². The van der Waals surface area contributed by atoms with Gasteiger partial charge in [-0.3, -0.25) is 0 Å². The minimum Gasteiger partial charge on any atom is -0.497 e. The van der Waals surface area contributed by atoms with Crippen molar-refractivity contribution in [3.63, 3.8) is 0 Å². The minimum atomic E-state index is -4.41. The molecule has 0 unspecified atom stereocenters. The molecular weight excluding hydrogens is 347 g/mol. The molecule has 0 aliphatic carbocycles. The highest BCUT2D eigenvalue weighted by Gasteiger charge is 2.30. The zero-order valence-electron chi connectivity index (χ0n) is 13.6. The highest BCUT2D eigenvalue weighted by atomic mass is 19.4. The molecule has 0 fully saturated rings. The minimum absolute atomic E-state index is 0.201. The van der Waals surface area contributed by atoms with Gasteiger partial charge in [0, 0.05) is 11.4 Å². The van der Waals surface area contributed by atoms with E-state index in [1.54, 1.807) is 31.4 Å². The van der Waals surface area contributed by atoms with E-state index < -0.39 is 11.7 Å². The predicted octanol–water partition coefficient (Wildman–Crippen LogP) is 4.39. The Morgan fingerprint density at radius 3 is 2.42 bits per heavy atom. The molecule has 3 aromatic rings. The van der Waals surface area contributed by atoms with E-state index in [2.05, 4.69) is 25.8 Å². The SMILES string of the molecule is COc1ccc(Nc2nncc(Nc3cccc(C(F)(F)F)c3)n2)cc1. The Balaban J connectivity index is 1.75. The van der Waals surface area contributed by atoms with Crippen molar-refractivity contribution in [2.24, 2.45) is 0 Å². The molecule has 9 heteroatoms. The molecule has 6 nitrogen and oxygen atoms in total. The zero-order chi connectivity index (χ0) is 18.6. The number of rotatable bonds is 5. The zero-order valence-corrected chi connectivity index (χ0v) is 13.6. The van der Waals surface area contributed by atoms with Gasteiger partial charge in [-0.1, -0.05) is 6.07 Å². The van der Waals surface area contributed by atoms with E-state index in [0.717, 1.165) is 12.1 Å². The van der Waals surface area contributed by atoms with Crippen LogP contribution < -0.4 is 15.4 Å². The Labute approximate surface area is 147 Å². The average molecular weight is 361 g/mol. The number of aromatic nitrogens is 3. The van der Waals surface area contributed by atoms with E-state index in [0.29, 0.717) is 11.4 Å². The maximum absolute atomic E-state index is 12.8. The molecule has 134 valence electrons. The van der Waals surface area contributed by atoms with Gasteiger partial charge in [0.15, 0.2) is 5.82 Å². The molecule has 0 spiro atoms. The van der Waals surface area contributed by atoms with Crippen LogP contribution in [0.5, 0.6) is 5.75 Å². The predicted molar refractivity (Wildman–Crippen MR) is 90.8 cm³/mol. The van der Waals surface area contributed by atoms with E-state index in [4.69, 9.17) is 4.74 Å². The molecule has 3 rings (SSSR count). The third-order valence-electron chi connectivity index (χ3n) is 3.37. The number of anilines is 4. The second-order valence-electron chi connectivity index (χ2n) is 5.22. The van der Waals surface area contributed by atoms with Crippen LogP contribution in [0, 0.1) is 0 Å². The van der Waals surface area contributed by atoms with Crippen LogP contribution in [0.25, 0.3) is 0 Å². The summed E-state index contributed by atoms with van der Waals surface area (Å²) in [5.41, 5.74) is 0.209. The third kappa shape index (κ3) is 4.38. The number of hydrogen-bond acceptors (Lipinski definition) is 6. The summed E-state index contributed by atoms with van der Waals surface area (Å²) >= 11 is 0. The number of benzene rings is 2. The number of hydrogen-bond donors (Lipinski definition) is 2. The molecule has 1 aromatic heterocycles. The van der Waals surface area contributed by atoms with Gasteiger partial charge in [0.05, 0.1) is 18.9 Å². The molecule has 2 aromatic carbocycles. The molecule has 0 saturated carbocycles. The number of methoxy groups -OCH3 is 1. The van der Waals surface area contributed by atoms with Gasteiger partial charge in [0.1, 0.15) is 5.75 Å². The van der Waals surface area contributed by atoms with Crippen molar-refractivity contribution >= 4 is 23.1 Å². The molecule has 0 atom stereocenters. The third-order valence-corrected chi connectivity index (χ3v) is 3.37. The van der Waals surface area contributed by atoms with Crippen LogP contribution in [0.3, 0.4) is 0 Å². The monoisotopic (exact) mass is 361 g/mol. The van der Waals surface area contributed by atoms with Gasteiger partial charge in [0.25, 0.3) is 0 Å². The smallest absolute Gasteiger partial charge is 0.416 e. The quantitative estimate of drug-likeness (QED) is 0.702. The van der Waals surface area contributed by atoms with Crippen LogP contribution in [0.2, 0.25) is 0 Å². The maximum Gasteiger partial charge on any atom is 0.416 e. The Morgan fingerprint density at radius 2 is 1.73 bits per heavy atom. The molecule has 1 heterocycles. The number of alkyl halides is 3. The highest BCUT2D eigenvalue weighted by molar-refractivity contribution is 5.59. The van der Waals surface area contributed by atoms with Crippen molar-refractivity contribution in [2.75, 3.05) is 17.7 Å². The lowest BCUT2D eigenvalue weighted by molar-refractivity contribution is -0.137. The molecule has 0 saturated heterocycles. The lowest BCUT2D eigenvalue weighted by Crippen LogP contribution is -2.06. The molecule has 0 aliphatic rings. The summed E-state index contributed by atoms with van der Waals surface area (Å²) in [5.74, 6) is 1.16. The summed E-state index contributed by atoms with van der Waals surface area (Å²) < 4.78 is 43.4. The Hall–Kier alpha value is -3.36. The molecule has 26 heavy (non-hydrogen) atoms. The van der Waals surface area contributed by atoms with E-state index in [1.807, 2.05) is 0 Å². The van der Waals surface area contributed by atoms with E-state index in [1.165, 1.54) is 18.3 Å². The normalized spacial score (nSPS) is 11.1. The Bertz CT molecular complexity index is 884. The van der Waals surface area contributed by atoms with Gasteiger partial charge < -0.3 is 15.4 Å². The van der Waals surface area contributed by atoms with E-state index in [9.17, 15) is 13.2 Å². The first-order valence-corrected chi connectivity index (χ1v) is 7.49. The summed E-state index contributed by atoms with van der Waals surface area (Å²) in [4.78, 5) is 4.19. The van der Waals surface area contributed by atoms with Crippen LogP contribution in [0.4, 0.5) is 36.3 Å². The molecule has 0 amide bonds. The average Bonchev–Trinajstić information content (AvgIpc) is 2.62. The molecule has 0 bridgehead atoms. The summed E-state index contributed by atoms with van der Waals surface area (Å²) in [6.45, 7) is 0. The van der Waals surface area contributed by atoms with Crippen LogP contribution in [0.1, 0.15) is 5.56 Å². The first-order chi connectivity index (χ1) is 12.4. The molecule has 0 aliphatic heterocycles. The second-order valence-corrected chi connectivity index (χ2v) is 5.22. The van der Waals surface area contributed by atoms with Crippen LogP contribution in [-0.2, 0) is 6.18 Å². The molecular formula is C17H14F3N5O. The fraction of sp³-hybridized carbons (Fsp3) is 0.118. The van der Waals surface area contributed by atoms with Gasteiger partial charge in [0.2, 0.25) is 5.95 Å². The number of nitrogens with one attached hydrogen (secondary N) is 2.